The Hall–Kier alpha value is -4.14. The second kappa shape index (κ2) is 8.78. The van der Waals surface area contributed by atoms with Crippen LogP contribution < -0.4 is 25.8 Å². The first-order chi connectivity index (χ1) is 16.1. The van der Waals surface area contributed by atoms with E-state index in [-0.39, 0.29) is 23.7 Å². The Morgan fingerprint density at radius 1 is 1.00 bits per heavy atom. The molecule has 1 fully saturated rings. The fraction of sp³-hybridized carbons (Fsp3) is 0.250. The first-order valence-corrected chi connectivity index (χ1v) is 10.9. The molecule has 2 amide bonds. The van der Waals surface area contributed by atoms with Crippen LogP contribution in [0.4, 0.5) is 17.5 Å². The van der Waals surface area contributed by atoms with Gasteiger partial charge in [0.1, 0.15) is 17.3 Å². The predicted octanol–water partition coefficient (Wildman–Crippen LogP) is 3.23. The normalized spacial score (nSPS) is 17.3. The molecule has 2 aliphatic heterocycles. The third-order valence-corrected chi connectivity index (χ3v) is 5.76. The molecule has 0 spiro atoms. The van der Waals surface area contributed by atoms with Crippen molar-refractivity contribution < 1.29 is 14.3 Å². The fourth-order valence-corrected chi connectivity index (χ4v) is 4.12. The van der Waals surface area contributed by atoms with Gasteiger partial charge in [0.2, 0.25) is 17.8 Å². The Morgan fingerprint density at radius 3 is 2.42 bits per heavy atom. The number of carbonyl (C=O) groups excluding carboxylic acids is 2. The number of nitrogens with one attached hydrogen (secondary N) is 3. The lowest BCUT2D eigenvalue weighted by Gasteiger charge is -2.25. The number of hydrogen-bond donors (Lipinski definition) is 3. The highest BCUT2D eigenvalue weighted by Gasteiger charge is 2.35. The average Bonchev–Trinajstić information content (AvgIpc) is 3.35. The van der Waals surface area contributed by atoms with Gasteiger partial charge in [0.25, 0.3) is 5.56 Å². The highest BCUT2D eigenvalue weighted by atomic mass is 16.5. The Balaban J connectivity index is 1.34. The summed E-state index contributed by atoms with van der Waals surface area (Å²) in [7, 11) is 0. The van der Waals surface area contributed by atoms with Crippen molar-refractivity contribution in [2.45, 2.75) is 25.2 Å². The van der Waals surface area contributed by atoms with Crippen molar-refractivity contribution >= 4 is 29.3 Å². The summed E-state index contributed by atoms with van der Waals surface area (Å²) in [5.74, 6) is 0.188. The lowest BCUT2D eigenvalue weighted by Crippen LogP contribution is -2.37. The van der Waals surface area contributed by atoms with Crippen molar-refractivity contribution in [1.82, 2.24) is 9.97 Å². The standard InChI is InChI=1S/C24H23N5O4/c30-19-14-18(20-21(26-19)27-24(28-23(20)32)29-12-4-5-13-29)22(31)25-15-8-10-17(11-9-15)33-16-6-2-1-3-7-16/h1-3,6-11,18H,4-5,12-14H2,(H,25,31)(H2,26,27,28,30,32)/t18-/m1/s1. The van der Waals surface area contributed by atoms with E-state index in [1.807, 2.05) is 35.2 Å². The number of nitrogens with zero attached hydrogens (tertiary/aromatic N) is 2. The van der Waals surface area contributed by atoms with Gasteiger partial charge < -0.3 is 20.3 Å². The smallest absolute Gasteiger partial charge is 0.258 e. The molecular formula is C24H23N5O4. The van der Waals surface area contributed by atoms with Gasteiger partial charge >= 0.3 is 0 Å². The number of rotatable bonds is 5. The summed E-state index contributed by atoms with van der Waals surface area (Å²) in [6.45, 7) is 1.59. The molecule has 3 aromatic rings. The Kier molecular flexibility index (Phi) is 5.52. The van der Waals surface area contributed by atoms with Gasteiger partial charge in [-0.2, -0.15) is 4.98 Å². The maximum absolute atomic E-state index is 13.0. The summed E-state index contributed by atoms with van der Waals surface area (Å²) < 4.78 is 5.76. The third kappa shape index (κ3) is 4.43. The van der Waals surface area contributed by atoms with Crippen LogP contribution in [0, 0.1) is 0 Å². The molecule has 5 rings (SSSR count). The van der Waals surface area contributed by atoms with Crippen LogP contribution in [0.5, 0.6) is 11.5 Å². The van der Waals surface area contributed by atoms with Gasteiger partial charge in [-0.05, 0) is 49.2 Å². The first kappa shape index (κ1) is 20.7. The zero-order valence-electron chi connectivity index (χ0n) is 17.8. The molecule has 3 heterocycles. The summed E-state index contributed by atoms with van der Waals surface area (Å²) in [6.07, 6.45) is 1.92. The van der Waals surface area contributed by atoms with Crippen molar-refractivity contribution in [3.05, 3.63) is 70.5 Å². The Bertz CT molecular complexity index is 1230. The molecule has 1 aromatic heterocycles. The van der Waals surface area contributed by atoms with Gasteiger partial charge in [-0.15, -0.1) is 0 Å². The average molecular weight is 445 g/mol. The number of hydrogen-bond acceptors (Lipinski definition) is 6. The second-order valence-electron chi connectivity index (χ2n) is 8.08. The minimum atomic E-state index is -0.933. The number of aromatic nitrogens is 2. The summed E-state index contributed by atoms with van der Waals surface area (Å²) in [4.78, 5) is 47.4. The van der Waals surface area contributed by atoms with Crippen LogP contribution in [0.1, 0.15) is 30.7 Å². The van der Waals surface area contributed by atoms with Crippen LogP contribution in [-0.4, -0.2) is 34.9 Å². The minimum Gasteiger partial charge on any atom is -0.457 e. The second-order valence-corrected chi connectivity index (χ2v) is 8.08. The fourth-order valence-electron chi connectivity index (χ4n) is 4.12. The van der Waals surface area contributed by atoms with Crippen LogP contribution in [-0.2, 0) is 9.59 Å². The molecular weight excluding hydrogens is 422 g/mol. The maximum Gasteiger partial charge on any atom is 0.258 e. The zero-order valence-corrected chi connectivity index (χ0v) is 17.8. The van der Waals surface area contributed by atoms with Crippen molar-refractivity contribution in [1.29, 1.82) is 0 Å². The van der Waals surface area contributed by atoms with E-state index in [4.69, 9.17) is 4.74 Å². The van der Waals surface area contributed by atoms with Gasteiger partial charge in [0.05, 0.1) is 11.5 Å². The quantitative estimate of drug-likeness (QED) is 0.555. The van der Waals surface area contributed by atoms with E-state index in [1.165, 1.54) is 0 Å². The number of anilines is 3. The van der Waals surface area contributed by atoms with Crippen molar-refractivity contribution in [3.63, 3.8) is 0 Å². The summed E-state index contributed by atoms with van der Waals surface area (Å²) >= 11 is 0. The highest BCUT2D eigenvalue weighted by molar-refractivity contribution is 6.04. The molecule has 33 heavy (non-hydrogen) atoms. The van der Waals surface area contributed by atoms with Gasteiger partial charge in [-0.3, -0.25) is 19.4 Å². The molecule has 0 aliphatic carbocycles. The predicted molar refractivity (Wildman–Crippen MR) is 124 cm³/mol. The van der Waals surface area contributed by atoms with Gasteiger partial charge in [-0.25, -0.2) is 0 Å². The van der Waals surface area contributed by atoms with E-state index in [2.05, 4.69) is 20.6 Å². The summed E-state index contributed by atoms with van der Waals surface area (Å²) in [5, 5.41) is 5.45. The molecule has 9 nitrogen and oxygen atoms in total. The zero-order chi connectivity index (χ0) is 22.8. The van der Waals surface area contributed by atoms with Crippen LogP contribution in [0.2, 0.25) is 0 Å². The van der Waals surface area contributed by atoms with Crippen molar-refractivity contribution in [2.24, 2.45) is 0 Å². The first-order valence-electron chi connectivity index (χ1n) is 10.9. The van der Waals surface area contributed by atoms with Gasteiger partial charge in [0.15, 0.2) is 0 Å². The summed E-state index contributed by atoms with van der Waals surface area (Å²) in [6, 6.07) is 16.3. The van der Waals surface area contributed by atoms with E-state index in [9.17, 15) is 14.4 Å². The van der Waals surface area contributed by atoms with Crippen LogP contribution in [0.3, 0.4) is 0 Å². The molecule has 9 heteroatoms. The van der Waals surface area contributed by atoms with E-state index >= 15 is 0 Å². The number of carbonyl (C=O) groups is 2. The lowest BCUT2D eigenvalue weighted by atomic mass is 9.92. The molecule has 3 N–H and O–H groups in total. The molecule has 2 aromatic carbocycles. The van der Waals surface area contributed by atoms with Crippen LogP contribution >= 0.6 is 0 Å². The van der Waals surface area contributed by atoms with Gasteiger partial charge in [0, 0.05) is 25.2 Å². The number of amides is 2. The third-order valence-electron chi connectivity index (χ3n) is 5.76. The Morgan fingerprint density at radius 2 is 1.70 bits per heavy atom. The highest BCUT2D eigenvalue weighted by Crippen LogP contribution is 2.31. The molecule has 0 radical (unpaired) electrons. The molecule has 0 unspecified atom stereocenters. The van der Waals surface area contributed by atoms with E-state index < -0.39 is 17.4 Å². The number of fused-ring (bicyclic) bond motifs is 1. The van der Waals surface area contributed by atoms with Crippen molar-refractivity contribution in [2.75, 3.05) is 28.6 Å². The van der Waals surface area contributed by atoms with E-state index in [1.54, 1.807) is 24.3 Å². The monoisotopic (exact) mass is 445 g/mol. The van der Waals surface area contributed by atoms with E-state index in [0.29, 0.717) is 23.1 Å². The number of benzene rings is 2. The minimum absolute atomic E-state index is 0.123. The number of ether oxygens (including phenoxy) is 1. The SMILES string of the molecule is O=C1C[C@@H](C(=O)Nc2ccc(Oc3ccccc3)cc2)c2c(nc(N3CCCC3)[nH]c2=O)N1. The molecule has 0 bridgehead atoms. The van der Waals surface area contributed by atoms with E-state index in [0.717, 1.165) is 25.9 Å². The van der Waals surface area contributed by atoms with Crippen LogP contribution in [0.15, 0.2) is 59.4 Å². The van der Waals surface area contributed by atoms with Crippen molar-refractivity contribution in [3.8, 4) is 11.5 Å². The Labute approximate surface area is 189 Å². The van der Waals surface area contributed by atoms with Gasteiger partial charge in [-0.1, -0.05) is 18.2 Å². The summed E-state index contributed by atoms with van der Waals surface area (Å²) in [5.41, 5.74) is 0.304. The lowest BCUT2D eigenvalue weighted by molar-refractivity contribution is -0.123. The largest absolute Gasteiger partial charge is 0.457 e. The molecule has 1 atom stereocenters. The molecule has 168 valence electrons. The maximum atomic E-state index is 13.0. The molecule has 1 saturated heterocycles. The molecule has 0 saturated carbocycles. The number of H-pyrrole nitrogens is 1. The molecule has 2 aliphatic rings. The van der Waals surface area contributed by atoms with Crippen LogP contribution in [0.25, 0.3) is 0 Å². The number of aromatic amines is 1. The topological polar surface area (TPSA) is 116 Å². The number of para-hydroxylation sites is 1.